The lowest BCUT2D eigenvalue weighted by Crippen LogP contribution is -2.12. The molecule has 0 aliphatic carbocycles. The van der Waals surface area contributed by atoms with Crippen LogP contribution in [0.25, 0.3) is 0 Å². The lowest BCUT2D eigenvalue weighted by molar-refractivity contribution is -0.149. The van der Waals surface area contributed by atoms with Gasteiger partial charge < -0.3 is 9.47 Å². The number of carbonyl (C=O) groups excluding carboxylic acids is 2. The quantitative estimate of drug-likeness (QED) is 0.756. The molecule has 0 aliphatic rings. The van der Waals surface area contributed by atoms with Crippen molar-refractivity contribution in [1.82, 2.24) is 0 Å². The maximum atomic E-state index is 11.8. The van der Waals surface area contributed by atoms with Crippen molar-refractivity contribution in [3.63, 3.8) is 0 Å². The Labute approximate surface area is 98.3 Å². The minimum absolute atomic E-state index is 0.391. The largest absolute Gasteiger partial charge is 0.465 e. The van der Waals surface area contributed by atoms with Gasteiger partial charge in [0.1, 0.15) is 0 Å². The van der Waals surface area contributed by atoms with Crippen molar-refractivity contribution >= 4 is 11.9 Å². The van der Waals surface area contributed by atoms with Gasteiger partial charge >= 0.3 is 11.9 Å². The summed E-state index contributed by atoms with van der Waals surface area (Å²) in [6.07, 6.45) is 0. The molecule has 1 rings (SSSR count). The highest BCUT2D eigenvalue weighted by Gasteiger charge is 2.17. The maximum absolute atomic E-state index is 11.8. The molecule has 0 heterocycles. The van der Waals surface area contributed by atoms with E-state index in [1.807, 2.05) is 0 Å². The molecule has 0 saturated carbocycles. The van der Waals surface area contributed by atoms with Crippen LogP contribution in [0.5, 0.6) is 0 Å². The standard InChI is InChI=1S/C12H13FO4/c1-8(11(14)17-7-13)9-3-5-10(6-4-9)12(15)16-2/h3-6,8H,7H2,1-2H3. The van der Waals surface area contributed by atoms with E-state index < -0.39 is 24.7 Å². The second kappa shape index (κ2) is 5.98. The summed E-state index contributed by atoms with van der Waals surface area (Å²) in [6.45, 7) is 0.467. The third kappa shape index (κ3) is 3.27. The third-order valence-corrected chi connectivity index (χ3v) is 2.38. The van der Waals surface area contributed by atoms with Gasteiger partial charge in [0, 0.05) is 0 Å². The molecule has 0 aromatic heterocycles. The van der Waals surface area contributed by atoms with E-state index in [1.54, 1.807) is 31.2 Å². The zero-order valence-corrected chi connectivity index (χ0v) is 9.60. The summed E-state index contributed by atoms with van der Waals surface area (Å²) in [6, 6.07) is 6.30. The van der Waals surface area contributed by atoms with E-state index in [-0.39, 0.29) is 0 Å². The van der Waals surface area contributed by atoms with Crippen LogP contribution in [0.4, 0.5) is 4.39 Å². The third-order valence-electron chi connectivity index (χ3n) is 2.38. The van der Waals surface area contributed by atoms with E-state index >= 15 is 0 Å². The van der Waals surface area contributed by atoms with E-state index in [0.717, 1.165) is 0 Å². The number of rotatable bonds is 4. The summed E-state index contributed by atoms with van der Waals surface area (Å²) in [4.78, 5) is 22.4. The second-order valence-electron chi connectivity index (χ2n) is 3.41. The summed E-state index contributed by atoms with van der Waals surface area (Å²) in [5, 5.41) is 0. The Morgan fingerprint density at radius 2 is 1.88 bits per heavy atom. The monoisotopic (exact) mass is 240 g/mol. The molecule has 0 aliphatic heterocycles. The van der Waals surface area contributed by atoms with Crippen LogP contribution < -0.4 is 0 Å². The number of esters is 2. The zero-order valence-electron chi connectivity index (χ0n) is 9.60. The lowest BCUT2D eigenvalue weighted by atomic mass is 10.00. The van der Waals surface area contributed by atoms with Crippen LogP contribution in [0.15, 0.2) is 24.3 Å². The molecule has 17 heavy (non-hydrogen) atoms. The molecule has 1 aromatic rings. The molecule has 5 heteroatoms. The fourth-order valence-corrected chi connectivity index (χ4v) is 1.34. The van der Waals surface area contributed by atoms with Crippen molar-refractivity contribution in [2.45, 2.75) is 12.8 Å². The van der Waals surface area contributed by atoms with Gasteiger partial charge in [-0.3, -0.25) is 4.79 Å². The Hall–Kier alpha value is -1.91. The van der Waals surface area contributed by atoms with Crippen LogP contribution in [0.1, 0.15) is 28.8 Å². The average Bonchev–Trinajstić information content (AvgIpc) is 2.37. The fourth-order valence-electron chi connectivity index (χ4n) is 1.34. The Morgan fingerprint density at radius 3 is 2.35 bits per heavy atom. The van der Waals surface area contributed by atoms with Crippen molar-refractivity contribution in [3.8, 4) is 0 Å². The Kier molecular flexibility index (Phi) is 4.63. The van der Waals surface area contributed by atoms with Crippen molar-refractivity contribution in [2.24, 2.45) is 0 Å². The van der Waals surface area contributed by atoms with E-state index in [9.17, 15) is 14.0 Å². The van der Waals surface area contributed by atoms with Crippen LogP contribution in [0.2, 0.25) is 0 Å². The van der Waals surface area contributed by atoms with Crippen LogP contribution in [0.3, 0.4) is 0 Å². The molecule has 1 aromatic carbocycles. The van der Waals surface area contributed by atoms with Gasteiger partial charge in [0.25, 0.3) is 0 Å². The van der Waals surface area contributed by atoms with Gasteiger partial charge in [-0.1, -0.05) is 12.1 Å². The zero-order chi connectivity index (χ0) is 12.8. The Morgan fingerprint density at radius 1 is 1.29 bits per heavy atom. The topological polar surface area (TPSA) is 52.6 Å². The summed E-state index contributed by atoms with van der Waals surface area (Å²) in [5.41, 5.74) is 1.04. The number of carbonyl (C=O) groups is 2. The van der Waals surface area contributed by atoms with Crippen LogP contribution in [-0.4, -0.2) is 25.9 Å². The highest BCUT2D eigenvalue weighted by Crippen LogP contribution is 2.17. The van der Waals surface area contributed by atoms with E-state index in [0.29, 0.717) is 11.1 Å². The Balaban J connectivity index is 2.80. The molecule has 0 fully saturated rings. The smallest absolute Gasteiger partial charge is 0.337 e. The van der Waals surface area contributed by atoms with Crippen LogP contribution in [-0.2, 0) is 14.3 Å². The number of halogens is 1. The van der Waals surface area contributed by atoms with Gasteiger partial charge in [0.2, 0.25) is 6.86 Å². The molecular formula is C12H13FO4. The first-order valence-corrected chi connectivity index (χ1v) is 5.01. The maximum Gasteiger partial charge on any atom is 0.337 e. The predicted molar refractivity (Wildman–Crippen MR) is 58.3 cm³/mol. The molecule has 4 nitrogen and oxygen atoms in total. The van der Waals surface area contributed by atoms with Gasteiger partial charge in [0.05, 0.1) is 18.6 Å². The first kappa shape index (κ1) is 13.2. The summed E-state index contributed by atoms with van der Waals surface area (Å²) < 4.78 is 20.6. The molecule has 1 unspecified atom stereocenters. The second-order valence-corrected chi connectivity index (χ2v) is 3.41. The molecule has 1 atom stereocenters. The molecule has 0 bridgehead atoms. The SMILES string of the molecule is COC(=O)c1ccc(C(C)C(=O)OCF)cc1. The van der Waals surface area contributed by atoms with Crippen LogP contribution in [0, 0.1) is 0 Å². The number of benzene rings is 1. The highest BCUT2D eigenvalue weighted by atomic mass is 19.1. The first-order valence-electron chi connectivity index (χ1n) is 5.01. The Bertz CT molecular complexity index is 399. The van der Waals surface area contributed by atoms with Crippen molar-refractivity contribution < 1.29 is 23.5 Å². The van der Waals surface area contributed by atoms with E-state index in [2.05, 4.69) is 9.47 Å². The van der Waals surface area contributed by atoms with Gasteiger partial charge in [-0.15, -0.1) is 0 Å². The predicted octanol–water partition coefficient (Wildman–Crippen LogP) is 2.05. The lowest BCUT2D eigenvalue weighted by Gasteiger charge is -2.10. The number of methoxy groups -OCH3 is 1. The van der Waals surface area contributed by atoms with Crippen LogP contribution >= 0.6 is 0 Å². The van der Waals surface area contributed by atoms with Gasteiger partial charge in [-0.2, -0.15) is 0 Å². The number of hydrogen-bond donors (Lipinski definition) is 0. The molecule has 0 radical (unpaired) electrons. The average molecular weight is 240 g/mol. The molecular weight excluding hydrogens is 227 g/mol. The highest BCUT2D eigenvalue weighted by molar-refractivity contribution is 5.89. The van der Waals surface area contributed by atoms with Crippen molar-refractivity contribution in [2.75, 3.05) is 14.0 Å². The normalized spacial score (nSPS) is 11.7. The number of alkyl halides is 1. The molecule has 0 amide bonds. The van der Waals surface area contributed by atoms with Crippen molar-refractivity contribution in [1.29, 1.82) is 0 Å². The summed E-state index contributed by atoms with van der Waals surface area (Å²) >= 11 is 0. The van der Waals surface area contributed by atoms with Gasteiger partial charge in [-0.05, 0) is 24.6 Å². The van der Waals surface area contributed by atoms with Gasteiger partial charge in [-0.25, -0.2) is 9.18 Å². The fraction of sp³-hybridized carbons (Fsp3) is 0.333. The van der Waals surface area contributed by atoms with E-state index in [1.165, 1.54) is 7.11 Å². The minimum Gasteiger partial charge on any atom is -0.465 e. The van der Waals surface area contributed by atoms with Crippen molar-refractivity contribution in [3.05, 3.63) is 35.4 Å². The van der Waals surface area contributed by atoms with E-state index in [4.69, 9.17) is 0 Å². The molecule has 0 spiro atoms. The number of hydrogen-bond acceptors (Lipinski definition) is 4. The molecule has 0 saturated heterocycles. The molecule has 92 valence electrons. The van der Waals surface area contributed by atoms with Gasteiger partial charge in [0.15, 0.2) is 0 Å². The summed E-state index contributed by atoms with van der Waals surface area (Å²) in [5.74, 6) is -1.66. The molecule has 0 N–H and O–H groups in total. The summed E-state index contributed by atoms with van der Waals surface area (Å²) in [7, 11) is 1.29. The number of ether oxygens (including phenoxy) is 2. The first-order chi connectivity index (χ1) is 8.10. The minimum atomic E-state index is -1.14.